The van der Waals surface area contributed by atoms with Crippen molar-refractivity contribution in [2.45, 2.75) is 25.9 Å². The van der Waals surface area contributed by atoms with Crippen LogP contribution in [0.3, 0.4) is 0 Å². The molecule has 0 aromatic carbocycles. The second-order valence-electron chi connectivity index (χ2n) is 5.85. The summed E-state index contributed by atoms with van der Waals surface area (Å²) in [5, 5.41) is 8.16. The summed E-state index contributed by atoms with van der Waals surface area (Å²) in [6.07, 6.45) is 7.32. The molecule has 1 aliphatic rings. The highest BCUT2D eigenvalue weighted by Crippen LogP contribution is 2.21. The molecule has 1 aliphatic heterocycles. The fourth-order valence-electron chi connectivity index (χ4n) is 3.05. The van der Waals surface area contributed by atoms with E-state index in [1.807, 2.05) is 16.8 Å². The van der Waals surface area contributed by atoms with Crippen LogP contribution < -0.4 is 0 Å². The van der Waals surface area contributed by atoms with Crippen LogP contribution in [-0.2, 0) is 13.1 Å². The van der Waals surface area contributed by atoms with Gasteiger partial charge in [0.2, 0.25) is 11.7 Å². The average molecular weight is 314 g/mol. The Bertz CT molecular complexity index is 721. The molecule has 1 unspecified atom stereocenters. The summed E-state index contributed by atoms with van der Waals surface area (Å²) in [6, 6.07) is 3.63. The molecule has 1 saturated heterocycles. The molecule has 0 radical (unpaired) electrons. The predicted octanol–water partition coefficient (Wildman–Crippen LogP) is 1.83. The number of nitrogens with zero attached hydrogens (tertiary/aromatic N) is 6. The van der Waals surface area contributed by atoms with E-state index in [1.165, 1.54) is 12.8 Å². The monoisotopic (exact) mass is 314 g/mol. The summed E-state index contributed by atoms with van der Waals surface area (Å²) < 4.78 is 12.5. The lowest BCUT2D eigenvalue weighted by Gasteiger charge is -2.31. The van der Waals surface area contributed by atoms with Crippen LogP contribution >= 0.6 is 0 Å². The third-order valence-corrected chi connectivity index (χ3v) is 4.08. The van der Waals surface area contributed by atoms with Crippen molar-refractivity contribution in [2.24, 2.45) is 5.92 Å². The first-order valence-corrected chi connectivity index (χ1v) is 7.78. The van der Waals surface area contributed by atoms with Crippen molar-refractivity contribution in [3.63, 3.8) is 0 Å². The molecule has 0 spiro atoms. The lowest BCUT2D eigenvalue weighted by atomic mass is 9.98. The topological polar surface area (TPSA) is 86.0 Å². The van der Waals surface area contributed by atoms with E-state index in [-0.39, 0.29) is 0 Å². The fraction of sp³-hybridized carbons (Fsp3) is 0.467. The smallest absolute Gasteiger partial charge is 0.241 e. The van der Waals surface area contributed by atoms with E-state index in [9.17, 15) is 0 Å². The van der Waals surface area contributed by atoms with Crippen molar-refractivity contribution in [2.75, 3.05) is 13.1 Å². The Kier molecular flexibility index (Phi) is 3.89. The lowest BCUT2D eigenvalue weighted by Crippen LogP contribution is -2.36. The highest BCUT2D eigenvalue weighted by molar-refractivity contribution is 5.44. The van der Waals surface area contributed by atoms with Crippen LogP contribution in [0.2, 0.25) is 0 Å². The van der Waals surface area contributed by atoms with Gasteiger partial charge in [-0.05, 0) is 37.4 Å². The lowest BCUT2D eigenvalue weighted by molar-refractivity contribution is 0.138. The number of hydrogen-bond donors (Lipinski definition) is 0. The second kappa shape index (κ2) is 6.33. The first kappa shape index (κ1) is 14.1. The summed E-state index contributed by atoms with van der Waals surface area (Å²) in [5.74, 6) is 2.32. The Hall–Kier alpha value is -2.48. The Balaban J connectivity index is 1.37. The molecular formula is C15H18N6O2. The molecule has 0 amide bonds. The predicted molar refractivity (Wildman–Crippen MR) is 80.0 cm³/mol. The molecule has 1 fully saturated rings. The summed E-state index contributed by atoms with van der Waals surface area (Å²) >= 11 is 0. The minimum Gasteiger partial charge on any atom is -0.461 e. The molecule has 3 aromatic heterocycles. The van der Waals surface area contributed by atoms with Gasteiger partial charge in [0.1, 0.15) is 12.7 Å². The van der Waals surface area contributed by atoms with E-state index in [0.29, 0.717) is 29.9 Å². The van der Waals surface area contributed by atoms with Gasteiger partial charge in [-0.1, -0.05) is 5.16 Å². The van der Waals surface area contributed by atoms with Crippen molar-refractivity contribution in [1.29, 1.82) is 0 Å². The molecule has 4 heterocycles. The van der Waals surface area contributed by atoms with Crippen LogP contribution in [0, 0.1) is 5.92 Å². The van der Waals surface area contributed by atoms with Crippen molar-refractivity contribution in [3.8, 4) is 11.6 Å². The van der Waals surface area contributed by atoms with Gasteiger partial charge in [0, 0.05) is 13.1 Å². The van der Waals surface area contributed by atoms with E-state index in [0.717, 1.165) is 19.6 Å². The first-order valence-electron chi connectivity index (χ1n) is 7.78. The number of piperidine rings is 1. The zero-order valence-corrected chi connectivity index (χ0v) is 12.7. The van der Waals surface area contributed by atoms with Crippen molar-refractivity contribution in [1.82, 2.24) is 29.8 Å². The van der Waals surface area contributed by atoms with E-state index in [1.54, 1.807) is 18.9 Å². The van der Waals surface area contributed by atoms with Crippen molar-refractivity contribution < 1.29 is 8.94 Å². The van der Waals surface area contributed by atoms with Crippen LogP contribution in [0.1, 0.15) is 18.7 Å². The standard InChI is InChI=1S/C15H18N6O2/c1-3-12(8-21-11-16-10-17-21)7-20(5-1)9-14-18-15(19-23-14)13-4-2-6-22-13/h2,4,6,10-12H,1,3,5,7-9H2. The van der Waals surface area contributed by atoms with Gasteiger partial charge in [-0.25, -0.2) is 4.98 Å². The van der Waals surface area contributed by atoms with Gasteiger partial charge >= 0.3 is 0 Å². The maximum atomic E-state index is 5.34. The van der Waals surface area contributed by atoms with Gasteiger partial charge in [0.15, 0.2) is 5.76 Å². The highest BCUT2D eigenvalue weighted by atomic mass is 16.5. The van der Waals surface area contributed by atoms with Gasteiger partial charge in [-0.3, -0.25) is 9.58 Å². The number of aromatic nitrogens is 5. The maximum absolute atomic E-state index is 5.34. The Morgan fingerprint density at radius 1 is 1.35 bits per heavy atom. The maximum Gasteiger partial charge on any atom is 0.241 e. The molecule has 0 aliphatic carbocycles. The molecule has 0 saturated carbocycles. The largest absolute Gasteiger partial charge is 0.461 e. The van der Waals surface area contributed by atoms with Gasteiger partial charge in [0.25, 0.3) is 0 Å². The number of furan rings is 1. The summed E-state index contributed by atoms with van der Waals surface area (Å²) in [5.41, 5.74) is 0. The Morgan fingerprint density at radius 2 is 2.35 bits per heavy atom. The number of likely N-dealkylation sites (tertiary alicyclic amines) is 1. The molecule has 1 atom stereocenters. The third kappa shape index (κ3) is 3.31. The minimum atomic E-state index is 0.501. The molecular weight excluding hydrogens is 296 g/mol. The molecule has 8 nitrogen and oxygen atoms in total. The number of rotatable bonds is 5. The normalized spacial score (nSPS) is 19.2. The molecule has 8 heteroatoms. The van der Waals surface area contributed by atoms with E-state index in [4.69, 9.17) is 8.94 Å². The fourth-order valence-corrected chi connectivity index (χ4v) is 3.05. The van der Waals surface area contributed by atoms with Crippen LogP contribution in [0.4, 0.5) is 0 Å². The second-order valence-corrected chi connectivity index (χ2v) is 5.85. The Labute approximate surface area is 133 Å². The van der Waals surface area contributed by atoms with E-state index in [2.05, 4.69) is 25.1 Å². The van der Waals surface area contributed by atoms with Gasteiger partial charge in [-0.15, -0.1) is 0 Å². The van der Waals surface area contributed by atoms with Crippen LogP contribution in [-0.4, -0.2) is 42.9 Å². The number of hydrogen-bond acceptors (Lipinski definition) is 7. The van der Waals surface area contributed by atoms with Crippen LogP contribution in [0.5, 0.6) is 0 Å². The average Bonchev–Trinajstić information content (AvgIpc) is 3.30. The summed E-state index contributed by atoms with van der Waals surface area (Å²) in [7, 11) is 0. The molecule has 120 valence electrons. The van der Waals surface area contributed by atoms with Gasteiger partial charge < -0.3 is 8.94 Å². The molecule has 0 bridgehead atoms. The Morgan fingerprint density at radius 3 is 3.17 bits per heavy atom. The molecule has 4 rings (SSSR count). The quantitative estimate of drug-likeness (QED) is 0.710. The molecule has 0 N–H and O–H groups in total. The summed E-state index contributed by atoms with van der Waals surface area (Å²) in [4.78, 5) is 10.8. The van der Waals surface area contributed by atoms with Crippen molar-refractivity contribution in [3.05, 3.63) is 36.9 Å². The SMILES string of the molecule is c1coc(-c2noc(CN3CCCC(Cn4cncn4)C3)n2)c1. The highest BCUT2D eigenvalue weighted by Gasteiger charge is 2.22. The third-order valence-electron chi connectivity index (χ3n) is 4.08. The first-order chi connectivity index (χ1) is 11.4. The van der Waals surface area contributed by atoms with Gasteiger partial charge in [-0.2, -0.15) is 10.1 Å². The van der Waals surface area contributed by atoms with Gasteiger partial charge in [0.05, 0.1) is 12.8 Å². The summed E-state index contributed by atoms with van der Waals surface area (Å²) in [6.45, 7) is 3.62. The van der Waals surface area contributed by atoms with E-state index >= 15 is 0 Å². The van der Waals surface area contributed by atoms with Crippen molar-refractivity contribution >= 4 is 0 Å². The van der Waals surface area contributed by atoms with E-state index < -0.39 is 0 Å². The van der Waals surface area contributed by atoms with Crippen LogP contribution in [0.25, 0.3) is 11.6 Å². The minimum absolute atomic E-state index is 0.501. The zero-order chi connectivity index (χ0) is 15.5. The molecule has 3 aromatic rings. The zero-order valence-electron chi connectivity index (χ0n) is 12.7. The van der Waals surface area contributed by atoms with Crippen LogP contribution in [0.15, 0.2) is 40.0 Å². The molecule has 23 heavy (non-hydrogen) atoms.